The van der Waals surface area contributed by atoms with Gasteiger partial charge in [0.15, 0.2) is 11.8 Å². The predicted octanol–water partition coefficient (Wildman–Crippen LogP) is 7.90. The number of halogens is 4. The lowest BCUT2D eigenvalue weighted by molar-refractivity contribution is -0.390. The van der Waals surface area contributed by atoms with Crippen molar-refractivity contribution in [3.05, 3.63) is 68.3 Å². The molecule has 0 radical (unpaired) electrons. The van der Waals surface area contributed by atoms with Gasteiger partial charge in [0.2, 0.25) is 0 Å². The van der Waals surface area contributed by atoms with Crippen molar-refractivity contribution in [3.8, 4) is 16.9 Å². The first kappa shape index (κ1) is 30.5. The van der Waals surface area contributed by atoms with E-state index in [-0.39, 0.29) is 29.0 Å². The zero-order chi connectivity index (χ0) is 31.2. The van der Waals surface area contributed by atoms with E-state index in [1.54, 1.807) is 15.8 Å². The molecule has 0 bridgehead atoms. The number of aromatic nitrogens is 3. The van der Waals surface area contributed by atoms with Crippen molar-refractivity contribution in [1.29, 1.82) is 0 Å². The number of nitrogens with zero attached hydrogens (tertiary/aromatic N) is 5. The third kappa shape index (κ3) is 6.09. The van der Waals surface area contributed by atoms with E-state index in [1.807, 2.05) is 27.0 Å². The van der Waals surface area contributed by atoms with Crippen LogP contribution in [0.4, 0.5) is 19.4 Å². The van der Waals surface area contributed by atoms with Crippen LogP contribution in [0, 0.1) is 21.7 Å². The minimum absolute atomic E-state index is 0.00825. The number of likely N-dealkylation sites (tertiary alicyclic amines) is 1. The standard InChI is InChI=1S/C28H27Cl2F2N5O6/c1-14(21-22(29)19(31)9-20(32)23(21)30)42-25-24-17(11-33-26(25)37(39)40)18(13-41-24)15-10-34-36(12-15)16-5-7-35(8-6-16)27(38)43-28(2,3)4/h9-14,16H,5-8H2,1-4H3. The summed E-state index contributed by atoms with van der Waals surface area (Å²) in [7, 11) is 0. The van der Waals surface area contributed by atoms with Crippen LogP contribution < -0.4 is 4.74 Å². The second-order valence-corrected chi connectivity index (χ2v) is 11.9. The molecule has 4 aromatic rings. The van der Waals surface area contributed by atoms with E-state index in [4.69, 9.17) is 37.1 Å². The largest absolute Gasteiger partial charge is 0.475 e. The fourth-order valence-electron chi connectivity index (χ4n) is 4.92. The normalized spacial score (nSPS) is 15.1. The molecule has 1 aliphatic rings. The van der Waals surface area contributed by atoms with Crippen molar-refractivity contribution in [1.82, 2.24) is 19.7 Å². The fraction of sp³-hybridized carbons (Fsp3) is 0.393. The Hall–Kier alpha value is -3.97. The molecule has 0 N–H and O–H groups in total. The van der Waals surface area contributed by atoms with Gasteiger partial charge in [-0.15, -0.1) is 0 Å². The molecule has 11 nitrogen and oxygen atoms in total. The quantitative estimate of drug-likeness (QED) is 0.119. The molecule has 0 saturated carbocycles. The molecule has 43 heavy (non-hydrogen) atoms. The number of amides is 1. The minimum Gasteiger partial charge on any atom is -0.475 e. The monoisotopic (exact) mass is 637 g/mol. The number of ether oxygens (including phenoxy) is 2. The van der Waals surface area contributed by atoms with Crippen molar-refractivity contribution in [2.75, 3.05) is 13.1 Å². The highest BCUT2D eigenvalue weighted by Crippen LogP contribution is 2.43. The highest BCUT2D eigenvalue weighted by molar-refractivity contribution is 6.36. The maximum absolute atomic E-state index is 14.2. The van der Waals surface area contributed by atoms with Crippen molar-refractivity contribution >= 4 is 46.1 Å². The molecule has 1 unspecified atom stereocenters. The van der Waals surface area contributed by atoms with Crippen LogP contribution in [0.1, 0.15) is 58.2 Å². The Morgan fingerprint density at radius 3 is 2.44 bits per heavy atom. The van der Waals surface area contributed by atoms with E-state index >= 15 is 0 Å². The van der Waals surface area contributed by atoms with Crippen LogP contribution in [0.2, 0.25) is 10.0 Å². The van der Waals surface area contributed by atoms with E-state index in [0.29, 0.717) is 48.5 Å². The van der Waals surface area contributed by atoms with Gasteiger partial charge < -0.3 is 28.9 Å². The number of fused-ring (bicyclic) bond motifs is 1. The second kappa shape index (κ2) is 11.6. The van der Waals surface area contributed by atoms with Gasteiger partial charge >= 0.3 is 11.9 Å². The van der Waals surface area contributed by atoms with E-state index in [1.165, 1.54) is 19.4 Å². The third-order valence-corrected chi connectivity index (χ3v) is 7.75. The zero-order valence-electron chi connectivity index (χ0n) is 23.6. The molecule has 15 heteroatoms. The Morgan fingerprint density at radius 2 is 1.84 bits per heavy atom. The summed E-state index contributed by atoms with van der Waals surface area (Å²) in [6, 6.07) is 0.570. The first-order valence-corrected chi connectivity index (χ1v) is 14.1. The fourth-order valence-corrected chi connectivity index (χ4v) is 5.57. The summed E-state index contributed by atoms with van der Waals surface area (Å²) >= 11 is 12.1. The highest BCUT2D eigenvalue weighted by Gasteiger charge is 2.31. The zero-order valence-corrected chi connectivity index (χ0v) is 25.1. The number of hydrogen-bond acceptors (Lipinski definition) is 8. The van der Waals surface area contributed by atoms with Gasteiger partial charge in [0, 0.05) is 42.0 Å². The number of rotatable bonds is 6. The number of carbonyl (C=O) groups is 1. The number of piperidine rings is 1. The summed E-state index contributed by atoms with van der Waals surface area (Å²) in [6.45, 7) is 7.88. The lowest BCUT2D eigenvalue weighted by Gasteiger charge is -2.33. The number of nitro groups is 1. The number of pyridine rings is 1. The molecule has 4 heterocycles. The Kier molecular flexibility index (Phi) is 8.23. The van der Waals surface area contributed by atoms with Crippen molar-refractivity contribution in [2.24, 2.45) is 0 Å². The number of furan rings is 1. The maximum Gasteiger partial charge on any atom is 0.410 e. The Labute approximate surface area is 254 Å². The van der Waals surface area contributed by atoms with Gasteiger partial charge in [0.1, 0.15) is 29.6 Å². The molecular formula is C28H27Cl2F2N5O6. The smallest absolute Gasteiger partial charge is 0.410 e. The molecule has 0 aliphatic carbocycles. The van der Waals surface area contributed by atoms with Gasteiger partial charge in [-0.1, -0.05) is 23.2 Å². The molecule has 1 aliphatic heterocycles. The SMILES string of the molecule is CC(Oc1c([N+](=O)[O-])ncc2c(-c3cnn(C4CCN(C(=O)OC(C)(C)C)CC4)c3)coc12)c1c(Cl)c(F)cc(F)c1Cl. The molecule has 5 rings (SSSR count). The van der Waals surface area contributed by atoms with E-state index < -0.39 is 44.1 Å². The average Bonchev–Trinajstić information content (AvgIpc) is 3.59. The van der Waals surface area contributed by atoms with Crippen molar-refractivity contribution in [2.45, 2.75) is 58.3 Å². The molecule has 0 spiro atoms. The van der Waals surface area contributed by atoms with Gasteiger partial charge in [0.25, 0.3) is 5.75 Å². The summed E-state index contributed by atoms with van der Waals surface area (Å²) in [6.07, 6.45) is 5.88. The topological polar surface area (TPSA) is 126 Å². The third-order valence-electron chi connectivity index (χ3n) is 6.98. The maximum atomic E-state index is 14.2. The van der Waals surface area contributed by atoms with Crippen LogP contribution in [-0.2, 0) is 4.74 Å². The Bertz CT molecular complexity index is 1690. The predicted molar refractivity (Wildman–Crippen MR) is 153 cm³/mol. The molecule has 1 amide bonds. The van der Waals surface area contributed by atoms with Crippen molar-refractivity contribution in [3.63, 3.8) is 0 Å². The van der Waals surface area contributed by atoms with Gasteiger partial charge in [-0.2, -0.15) is 5.10 Å². The van der Waals surface area contributed by atoms with Crippen LogP contribution in [-0.4, -0.2) is 49.4 Å². The molecule has 228 valence electrons. The number of benzene rings is 1. The van der Waals surface area contributed by atoms with Gasteiger partial charge in [-0.3, -0.25) is 4.68 Å². The van der Waals surface area contributed by atoms with E-state index in [0.717, 1.165) is 0 Å². The number of carbonyl (C=O) groups excluding carboxylic acids is 1. The summed E-state index contributed by atoms with van der Waals surface area (Å²) < 4.78 is 47.2. The van der Waals surface area contributed by atoms with Gasteiger partial charge in [-0.25, -0.2) is 13.6 Å². The first-order chi connectivity index (χ1) is 20.2. The van der Waals surface area contributed by atoms with E-state index in [9.17, 15) is 23.7 Å². The van der Waals surface area contributed by atoms with Gasteiger partial charge in [0.05, 0.1) is 27.7 Å². The summed E-state index contributed by atoms with van der Waals surface area (Å²) in [5.74, 6) is -3.16. The Morgan fingerprint density at radius 1 is 1.19 bits per heavy atom. The molecule has 1 atom stereocenters. The molecule has 1 aromatic carbocycles. The molecule has 1 saturated heterocycles. The summed E-state index contributed by atoms with van der Waals surface area (Å²) in [5.41, 5.74) is 0.388. The van der Waals surface area contributed by atoms with E-state index in [2.05, 4.69) is 10.1 Å². The highest BCUT2D eigenvalue weighted by atomic mass is 35.5. The number of hydrogen-bond donors (Lipinski definition) is 0. The van der Waals surface area contributed by atoms with Crippen LogP contribution in [0.25, 0.3) is 22.1 Å². The van der Waals surface area contributed by atoms with Crippen LogP contribution in [0.15, 0.2) is 35.3 Å². The van der Waals surface area contributed by atoms with Crippen LogP contribution in [0.5, 0.6) is 5.75 Å². The average molecular weight is 638 g/mol. The minimum atomic E-state index is -1.22. The van der Waals surface area contributed by atoms with Gasteiger partial charge in [-0.05, 0) is 50.4 Å². The first-order valence-electron chi connectivity index (χ1n) is 13.3. The summed E-state index contributed by atoms with van der Waals surface area (Å²) in [4.78, 5) is 29.1. The lowest BCUT2D eigenvalue weighted by atomic mass is 10.1. The molecule has 1 fully saturated rings. The van der Waals surface area contributed by atoms with Crippen LogP contribution >= 0.6 is 23.2 Å². The molecular weight excluding hydrogens is 611 g/mol. The van der Waals surface area contributed by atoms with Crippen LogP contribution in [0.3, 0.4) is 0 Å². The van der Waals surface area contributed by atoms with Crippen molar-refractivity contribution < 1.29 is 32.4 Å². The Balaban J connectivity index is 1.41. The summed E-state index contributed by atoms with van der Waals surface area (Å²) in [5, 5.41) is 15.7. The lowest BCUT2D eigenvalue weighted by Crippen LogP contribution is -2.42. The second-order valence-electron chi connectivity index (χ2n) is 11.1. The molecule has 3 aromatic heterocycles.